The van der Waals surface area contributed by atoms with Gasteiger partial charge in [0.25, 0.3) is 0 Å². The average molecular weight is 248 g/mol. The predicted molar refractivity (Wildman–Crippen MR) is 67.7 cm³/mol. The van der Waals surface area contributed by atoms with Crippen molar-refractivity contribution in [2.24, 2.45) is 5.92 Å². The zero-order valence-corrected chi connectivity index (χ0v) is 11.3. The first kappa shape index (κ1) is 15.8. The number of aliphatic hydroxyl groups is 1. The molecule has 0 aliphatic carbocycles. The zero-order chi connectivity index (χ0) is 12.6. The highest BCUT2D eigenvalue weighted by Crippen LogP contribution is 2.19. The maximum Gasteiger partial charge on any atom is 0.308 e. The molecule has 0 rings (SSSR count). The molecule has 0 unspecified atom stereocenters. The van der Waals surface area contributed by atoms with Crippen LogP contribution >= 0.6 is 11.9 Å². The van der Waals surface area contributed by atoms with Gasteiger partial charge in [-0.25, -0.2) is 0 Å². The summed E-state index contributed by atoms with van der Waals surface area (Å²) in [6.45, 7) is 4.01. The van der Waals surface area contributed by atoms with Crippen LogP contribution in [-0.4, -0.2) is 37.5 Å². The molecule has 0 aliphatic rings. The van der Waals surface area contributed by atoms with Gasteiger partial charge < -0.3 is 14.0 Å². The molecule has 6 heteroatoms. The summed E-state index contributed by atoms with van der Waals surface area (Å²) in [7, 11) is 3.14. The Labute approximate surface area is 103 Å². The fourth-order valence-corrected chi connectivity index (χ4v) is 1.75. The summed E-state index contributed by atoms with van der Waals surface area (Å²) in [4.78, 5) is 11.1. The number of ether oxygens (including phenoxy) is 1. The number of hydrogen-bond donors (Lipinski definition) is 1. The molecule has 0 aromatic rings. The Morgan fingerprint density at radius 1 is 1.56 bits per heavy atom. The van der Waals surface area contributed by atoms with Gasteiger partial charge in [0.1, 0.15) is 0 Å². The second-order valence-corrected chi connectivity index (χ2v) is 4.38. The molecule has 3 atom stereocenters. The lowest BCUT2D eigenvalue weighted by molar-refractivity contribution is -0.142. The van der Waals surface area contributed by atoms with Gasteiger partial charge in [0.2, 0.25) is 7.12 Å². The summed E-state index contributed by atoms with van der Waals surface area (Å²) in [6.07, 6.45) is 0.833. The number of rotatable bonds is 8. The van der Waals surface area contributed by atoms with E-state index in [1.807, 2.05) is 13.8 Å². The molecule has 0 heterocycles. The van der Waals surface area contributed by atoms with E-state index in [9.17, 15) is 9.90 Å². The molecule has 0 fully saturated rings. The Kier molecular flexibility index (Phi) is 8.79. The lowest BCUT2D eigenvalue weighted by Gasteiger charge is -2.22. The largest absolute Gasteiger partial charge is 0.469 e. The molecule has 0 radical (unpaired) electrons. The van der Waals surface area contributed by atoms with E-state index in [1.54, 1.807) is 7.12 Å². The summed E-state index contributed by atoms with van der Waals surface area (Å²) >= 11 is 1.20. The van der Waals surface area contributed by atoms with Crippen LogP contribution in [0.5, 0.6) is 0 Å². The van der Waals surface area contributed by atoms with Gasteiger partial charge in [-0.05, 0) is 5.92 Å². The molecule has 0 aliphatic heterocycles. The molecule has 0 aromatic heterocycles. The number of esters is 1. The van der Waals surface area contributed by atoms with Crippen LogP contribution in [0.1, 0.15) is 33.1 Å². The molecule has 1 N–H and O–H groups in total. The van der Waals surface area contributed by atoms with Gasteiger partial charge in [0, 0.05) is 6.42 Å². The van der Waals surface area contributed by atoms with E-state index in [0.29, 0.717) is 6.42 Å². The number of carbonyl (C=O) groups is 1. The molecule has 94 valence electrons. The van der Waals surface area contributed by atoms with Crippen molar-refractivity contribution in [2.75, 3.05) is 7.11 Å². The highest BCUT2D eigenvalue weighted by molar-refractivity contribution is 8.15. The van der Waals surface area contributed by atoms with Gasteiger partial charge in [-0.15, -0.1) is 0 Å². The highest BCUT2D eigenvalue weighted by atomic mass is 32.2. The molecule has 0 aromatic carbocycles. The third-order valence-corrected chi connectivity index (χ3v) is 3.12. The lowest BCUT2D eigenvalue weighted by Crippen LogP contribution is -2.26. The van der Waals surface area contributed by atoms with E-state index in [4.69, 9.17) is 4.18 Å². The van der Waals surface area contributed by atoms with E-state index in [-0.39, 0.29) is 24.4 Å². The Balaban J connectivity index is 4.15. The van der Waals surface area contributed by atoms with Gasteiger partial charge in [0.05, 0.1) is 25.7 Å². The summed E-state index contributed by atoms with van der Waals surface area (Å²) in [5, 5.41) is 9.86. The van der Waals surface area contributed by atoms with Crippen LogP contribution < -0.4 is 0 Å². The molecular weight excluding hydrogens is 227 g/mol. The van der Waals surface area contributed by atoms with Crippen LogP contribution in [0.2, 0.25) is 0 Å². The number of hydrogen-bond acceptors (Lipinski definition) is 5. The summed E-state index contributed by atoms with van der Waals surface area (Å²) in [6, 6.07) is 0. The van der Waals surface area contributed by atoms with E-state index in [0.717, 1.165) is 6.42 Å². The highest BCUT2D eigenvalue weighted by Gasteiger charge is 2.22. The minimum atomic E-state index is -0.438. The first-order valence-electron chi connectivity index (χ1n) is 5.49. The average Bonchev–Trinajstić information content (AvgIpc) is 2.27. The topological polar surface area (TPSA) is 55.8 Å². The minimum Gasteiger partial charge on any atom is -0.469 e. The van der Waals surface area contributed by atoms with Gasteiger partial charge in [-0.2, -0.15) is 0 Å². The molecule has 0 amide bonds. The van der Waals surface area contributed by atoms with Gasteiger partial charge in [-0.3, -0.25) is 4.79 Å². The lowest BCUT2D eigenvalue weighted by atomic mass is 9.96. The fraction of sp³-hybridized carbons (Fsp3) is 0.900. The first-order valence-corrected chi connectivity index (χ1v) is 6.64. The van der Waals surface area contributed by atoms with Gasteiger partial charge in [0.15, 0.2) is 0 Å². The predicted octanol–water partition coefficient (Wildman–Crippen LogP) is 0.928. The fourth-order valence-electron chi connectivity index (χ4n) is 1.34. The van der Waals surface area contributed by atoms with Crippen molar-refractivity contribution in [3.05, 3.63) is 0 Å². The smallest absolute Gasteiger partial charge is 0.308 e. The standard InChI is InChI=1S/C10H21BO4S/c1-4-7(2)9(12)5-8(15-16-11)6-10(13)14-3/h7-9,12H,4-6,11H2,1-3H3/t7-,8-,9-/m0/s1. The summed E-state index contributed by atoms with van der Waals surface area (Å²) in [5.41, 5.74) is 0. The maximum atomic E-state index is 11.1. The third kappa shape index (κ3) is 6.40. The second kappa shape index (κ2) is 8.90. The SMILES string of the molecule is BSO[C@H](CC(=O)OC)C[C@H](O)[C@@H](C)CC. The molecule has 4 nitrogen and oxygen atoms in total. The van der Waals surface area contributed by atoms with E-state index < -0.39 is 6.10 Å². The van der Waals surface area contributed by atoms with Crippen molar-refractivity contribution in [1.29, 1.82) is 0 Å². The number of carbonyl (C=O) groups excluding carboxylic acids is 1. The second-order valence-electron chi connectivity index (χ2n) is 3.85. The molecule has 16 heavy (non-hydrogen) atoms. The maximum absolute atomic E-state index is 11.1. The van der Waals surface area contributed by atoms with Crippen molar-refractivity contribution in [1.82, 2.24) is 0 Å². The molecular formula is C10H21BO4S. The van der Waals surface area contributed by atoms with Crippen molar-refractivity contribution >= 4 is 25.0 Å². The van der Waals surface area contributed by atoms with E-state index in [1.165, 1.54) is 19.0 Å². The van der Waals surface area contributed by atoms with Crippen LogP contribution in [0.3, 0.4) is 0 Å². The minimum absolute atomic E-state index is 0.185. The first-order chi connectivity index (χ1) is 7.54. The van der Waals surface area contributed by atoms with E-state index in [2.05, 4.69) is 4.74 Å². The van der Waals surface area contributed by atoms with Gasteiger partial charge >= 0.3 is 5.97 Å². The van der Waals surface area contributed by atoms with Crippen LogP contribution in [0, 0.1) is 5.92 Å². The normalized spacial score (nSPS) is 16.5. The Morgan fingerprint density at radius 2 is 2.19 bits per heavy atom. The van der Waals surface area contributed by atoms with Crippen molar-refractivity contribution in [3.8, 4) is 0 Å². The number of aliphatic hydroxyl groups excluding tert-OH is 1. The van der Waals surface area contributed by atoms with Crippen molar-refractivity contribution < 1.29 is 18.8 Å². The van der Waals surface area contributed by atoms with Crippen LogP contribution in [0.25, 0.3) is 0 Å². The molecule has 0 spiro atoms. The Bertz CT molecular complexity index is 203. The van der Waals surface area contributed by atoms with Crippen LogP contribution in [0.4, 0.5) is 0 Å². The van der Waals surface area contributed by atoms with Crippen molar-refractivity contribution in [2.45, 2.75) is 45.3 Å². The van der Waals surface area contributed by atoms with Crippen LogP contribution in [0.15, 0.2) is 0 Å². The summed E-state index contributed by atoms with van der Waals surface area (Å²) in [5.74, 6) is -0.0963. The Morgan fingerprint density at radius 3 is 2.62 bits per heavy atom. The zero-order valence-electron chi connectivity index (χ0n) is 10.4. The Hall–Kier alpha value is -0.195. The molecule has 0 bridgehead atoms. The van der Waals surface area contributed by atoms with E-state index >= 15 is 0 Å². The molecule has 0 saturated carbocycles. The summed E-state index contributed by atoms with van der Waals surface area (Å²) < 4.78 is 9.92. The monoisotopic (exact) mass is 248 g/mol. The quantitative estimate of drug-likeness (QED) is 0.393. The molecule has 0 saturated heterocycles. The van der Waals surface area contributed by atoms with Crippen LogP contribution in [-0.2, 0) is 13.7 Å². The third-order valence-electron chi connectivity index (χ3n) is 2.66. The van der Waals surface area contributed by atoms with Gasteiger partial charge in [-0.1, -0.05) is 32.2 Å². The van der Waals surface area contributed by atoms with Crippen molar-refractivity contribution in [3.63, 3.8) is 0 Å². The number of methoxy groups -OCH3 is 1.